The van der Waals surface area contributed by atoms with E-state index in [1.165, 1.54) is 30.0 Å². The smallest absolute Gasteiger partial charge is 0.147 e. The molecule has 0 bridgehead atoms. The Morgan fingerprint density at radius 2 is 1.96 bits per heavy atom. The van der Waals surface area contributed by atoms with E-state index >= 15 is 0 Å². The van der Waals surface area contributed by atoms with E-state index in [4.69, 9.17) is 5.26 Å². The quantitative estimate of drug-likeness (QED) is 0.733. The molecule has 3 rings (SSSR count). The zero-order valence-corrected chi connectivity index (χ0v) is 13.9. The number of fused-ring (bicyclic) bond motifs is 1. The van der Waals surface area contributed by atoms with Crippen molar-refractivity contribution >= 4 is 0 Å². The van der Waals surface area contributed by atoms with Crippen LogP contribution >= 0.6 is 0 Å². The number of rotatable bonds is 4. The molecule has 1 atom stereocenters. The van der Waals surface area contributed by atoms with E-state index in [1.54, 1.807) is 6.07 Å². The second-order valence-electron chi connectivity index (χ2n) is 6.58. The van der Waals surface area contributed by atoms with Gasteiger partial charge in [0.2, 0.25) is 0 Å². The van der Waals surface area contributed by atoms with Gasteiger partial charge in [-0.15, -0.1) is 0 Å². The minimum absolute atomic E-state index is 0.282. The Kier molecular flexibility index (Phi) is 4.94. The lowest BCUT2D eigenvalue weighted by atomic mass is 9.79. The molecule has 0 heterocycles. The Balaban J connectivity index is 1.81. The first kappa shape index (κ1) is 16.6. The fourth-order valence-corrected chi connectivity index (χ4v) is 3.57. The fourth-order valence-electron chi connectivity index (χ4n) is 3.57. The molecule has 1 nitrogen and oxygen atoms in total. The highest BCUT2D eigenvalue weighted by molar-refractivity contribution is 5.44. The van der Waals surface area contributed by atoms with E-state index in [1.807, 2.05) is 0 Å². The van der Waals surface area contributed by atoms with Gasteiger partial charge in [-0.1, -0.05) is 37.6 Å². The summed E-state index contributed by atoms with van der Waals surface area (Å²) in [6, 6.07) is 11.6. The first-order valence-electron chi connectivity index (χ1n) is 8.62. The minimum atomic E-state index is -0.746. The summed E-state index contributed by atoms with van der Waals surface area (Å²) in [4.78, 5) is 0. The highest BCUT2D eigenvalue weighted by Gasteiger charge is 2.26. The summed E-state index contributed by atoms with van der Waals surface area (Å²) < 4.78 is 28.1. The predicted octanol–water partition coefficient (Wildman–Crippen LogP) is 5.45. The molecule has 124 valence electrons. The molecule has 3 heteroatoms. The summed E-state index contributed by atoms with van der Waals surface area (Å²) in [6.07, 6.45) is 5.48. The third-order valence-electron chi connectivity index (χ3n) is 5.00. The average molecular weight is 325 g/mol. The van der Waals surface area contributed by atoms with Crippen LogP contribution in [0.3, 0.4) is 0 Å². The number of hydrogen-bond acceptors (Lipinski definition) is 1. The first-order chi connectivity index (χ1) is 11.6. The molecular weight excluding hydrogens is 304 g/mol. The number of halogens is 2. The van der Waals surface area contributed by atoms with Crippen LogP contribution in [0.15, 0.2) is 30.3 Å². The van der Waals surface area contributed by atoms with Crippen LogP contribution in [0.1, 0.15) is 59.9 Å². The van der Waals surface area contributed by atoms with Gasteiger partial charge in [0.05, 0.1) is 0 Å². The van der Waals surface area contributed by atoms with Gasteiger partial charge in [0.25, 0.3) is 0 Å². The SMILES string of the molecule is CCCCc1ccc(C2CCc3c(cc(F)c(C#N)c3F)C2)cc1. The Morgan fingerprint density at radius 3 is 2.62 bits per heavy atom. The van der Waals surface area contributed by atoms with Crippen LogP contribution in [0.2, 0.25) is 0 Å². The van der Waals surface area contributed by atoms with Crippen LogP contribution in [-0.2, 0) is 19.3 Å². The lowest BCUT2D eigenvalue weighted by Crippen LogP contribution is -2.16. The number of unbranched alkanes of at least 4 members (excludes halogenated alkanes) is 1. The number of nitrogens with zero attached hydrogens (tertiary/aromatic N) is 1. The van der Waals surface area contributed by atoms with Crippen LogP contribution in [0.5, 0.6) is 0 Å². The van der Waals surface area contributed by atoms with E-state index in [0.717, 1.165) is 12.8 Å². The normalized spacial score (nSPS) is 16.5. The molecule has 0 N–H and O–H groups in total. The maximum absolute atomic E-state index is 14.3. The average Bonchev–Trinajstić information content (AvgIpc) is 2.60. The van der Waals surface area contributed by atoms with Gasteiger partial charge < -0.3 is 0 Å². The number of benzene rings is 2. The topological polar surface area (TPSA) is 23.8 Å². The second-order valence-corrected chi connectivity index (χ2v) is 6.58. The summed E-state index contributed by atoms with van der Waals surface area (Å²) in [5, 5.41) is 8.89. The van der Waals surface area contributed by atoms with E-state index in [-0.39, 0.29) is 5.92 Å². The van der Waals surface area contributed by atoms with Crippen molar-refractivity contribution < 1.29 is 8.78 Å². The highest BCUT2D eigenvalue weighted by atomic mass is 19.1. The Morgan fingerprint density at radius 1 is 1.21 bits per heavy atom. The second kappa shape index (κ2) is 7.13. The molecule has 1 aliphatic carbocycles. The lowest BCUT2D eigenvalue weighted by molar-refractivity contribution is 0.519. The maximum atomic E-state index is 14.3. The molecule has 0 fully saturated rings. The molecule has 1 unspecified atom stereocenters. The summed E-state index contributed by atoms with van der Waals surface area (Å²) in [6.45, 7) is 2.18. The predicted molar refractivity (Wildman–Crippen MR) is 90.9 cm³/mol. The van der Waals surface area contributed by atoms with Gasteiger partial charge in [0.15, 0.2) is 0 Å². The Labute approximate surface area is 141 Å². The van der Waals surface area contributed by atoms with Crippen molar-refractivity contribution in [1.29, 1.82) is 5.26 Å². The first-order valence-corrected chi connectivity index (χ1v) is 8.62. The van der Waals surface area contributed by atoms with Crippen molar-refractivity contribution in [3.63, 3.8) is 0 Å². The van der Waals surface area contributed by atoms with Gasteiger partial charge in [0, 0.05) is 0 Å². The van der Waals surface area contributed by atoms with Crippen LogP contribution in [-0.4, -0.2) is 0 Å². The molecule has 1 aliphatic rings. The standard InChI is InChI=1S/C21H21F2N/c1-2-3-4-14-5-7-15(8-6-14)16-9-10-18-17(11-16)12-20(22)19(13-24)21(18)23/h5-8,12,16H,2-4,9-11H2,1H3. The monoisotopic (exact) mass is 325 g/mol. The van der Waals surface area contributed by atoms with E-state index in [0.29, 0.717) is 24.0 Å². The summed E-state index contributed by atoms with van der Waals surface area (Å²) in [5.41, 5.74) is 3.34. The minimum Gasteiger partial charge on any atom is -0.205 e. The van der Waals surface area contributed by atoms with Crippen molar-refractivity contribution in [2.45, 2.75) is 51.4 Å². The molecule has 0 saturated heterocycles. The Bertz CT molecular complexity index is 772. The van der Waals surface area contributed by atoms with Gasteiger partial charge in [-0.2, -0.15) is 5.26 Å². The zero-order valence-electron chi connectivity index (χ0n) is 13.9. The van der Waals surface area contributed by atoms with Gasteiger partial charge >= 0.3 is 0 Å². The van der Waals surface area contributed by atoms with Gasteiger partial charge in [-0.3, -0.25) is 0 Å². The molecule has 0 spiro atoms. The van der Waals surface area contributed by atoms with Crippen molar-refractivity contribution in [1.82, 2.24) is 0 Å². The van der Waals surface area contributed by atoms with E-state index in [9.17, 15) is 8.78 Å². The highest BCUT2D eigenvalue weighted by Crippen LogP contribution is 2.35. The summed E-state index contributed by atoms with van der Waals surface area (Å²) >= 11 is 0. The third kappa shape index (κ3) is 3.19. The third-order valence-corrected chi connectivity index (χ3v) is 5.00. The van der Waals surface area contributed by atoms with Crippen molar-refractivity contribution in [2.24, 2.45) is 0 Å². The molecule has 0 aliphatic heterocycles. The van der Waals surface area contributed by atoms with Crippen LogP contribution in [0.25, 0.3) is 0 Å². The molecular formula is C21H21F2N. The van der Waals surface area contributed by atoms with Gasteiger partial charge in [-0.25, -0.2) is 8.78 Å². The summed E-state index contributed by atoms with van der Waals surface area (Å²) in [5.74, 6) is -1.13. The lowest BCUT2D eigenvalue weighted by Gasteiger charge is -2.26. The van der Waals surface area contributed by atoms with Gasteiger partial charge in [-0.05, 0) is 66.3 Å². The fraction of sp³-hybridized carbons (Fsp3) is 0.381. The molecule has 24 heavy (non-hydrogen) atoms. The molecule has 2 aromatic rings. The van der Waals surface area contributed by atoms with Crippen LogP contribution < -0.4 is 0 Å². The Hall–Kier alpha value is -2.21. The molecule has 2 aromatic carbocycles. The van der Waals surface area contributed by atoms with E-state index in [2.05, 4.69) is 31.2 Å². The van der Waals surface area contributed by atoms with Crippen molar-refractivity contribution in [2.75, 3.05) is 0 Å². The number of nitriles is 1. The maximum Gasteiger partial charge on any atom is 0.147 e. The van der Waals surface area contributed by atoms with E-state index < -0.39 is 17.2 Å². The van der Waals surface area contributed by atoms with Gasteiger partial charge in [0.1, 0.15) is 23.3 Å². The largest absolute Gasteiger partial charge is 0.205 e. The molecule has 0 aromatic heterocycles. The summed E-state index contributed by atoms with van der Waals surface area (Å²) in [7, 11) is 0. The number of aryl methyl sites for hydroxylation is 1. The molecule has 0 amide bonds. The number of hydrogen-bond donors (Lipinski definition) is 0. The molecule has 0 radical (unpaired) electrons. The zero-order chi connectivity index (χ0) is 17.1. The van der Waals surface area contributed by atoms with Crippen LogP contribution in [0, 0.1) is 23.0 Å². The van der Waals surface area contributed by atoms with Crippen LogP contribution in [0.4, 0.5) is 8.78 Å². The van der Waals surface area contributed by atoms with Crippen molar-refractivity contribution in [3.05, 3.63) is 69.8 Å². The molecule has 0 saturated carbocycles. The van der Waals surface area contributed by atoms with Crippen molar-refractivity contribution in [3.8, 4) is 6.07 Å².